The van der Waals surface area contributed by atoms with Crippen LogP contribution < -0.4 is 15.4 Å². The van der Waals surface area contributed by atoms with E-state index in [1.807, 2.05) is 24.4 Å². The fourth-order valence-corrected chi connectivity index (χ4v) is 5.01. The first-order valence-electron chi connectivity index (χ1n) is 10.5. The summed E-state index contributed by atoms with van der Waals surface area (Å²) in [6.45, 7) is 1.65. The molecular weight excluding hydrogens is 426 g/mol. The van der Waals surface area contributed by atoms with Crippen molar-refractivity contribution >= 4 is 34.1 Å². The Bertz CT molecular complexity index is 1390. The molecule has 1 aromatic carbocycles. The molecule has 1 unspecified atom stereocenters. The fourth-order valence-electron chi connectivity index (χ4n) is 4.83. The molecule has 2 fully saturated rings. The molecule has 0 N–H and O–H groups in total. The van der Waals surface area contributed by atoms with E-state index in [0.717, 1.165) is 36.1 Å². The van der Waals surface area contributed by atoms with Crippen molar-refractivity contribution < 1.29 is 0 Å². The third kappa shape index (κ3) is 3.10. The van der Waals surface area contributed by atoms with Crippen molar-refractivity contribution in [1.29, 1.82) is 0 Å². The van der Waals surface area contributed by atoms with E-state index in [4.69, 9.17) is 16.6 Å². The number of piperazine rings is 1. The van der Waals surface area contributed by atoms with Gasteiger partial charge in [-0.05, 0) is 36.8 Å². The van der Waals surface area contributed by atoms with Crippen molar-refractivity contribution in [3.8, 4) is 11.4 Å². The average molecular weight is 446 g/mol. The van der Waals surface area contributed by atoms with Crippen molar-refractivity contribution in [3.63, 3.8) is 0 Å². The summed E-state index contributed by atoms with van der Waals surface area (Å²) >= 11 is 6.17. The molecular formula is C23H20ClN7O. The molecule has 2 bridgehead atoms. The van der Waals surface area contributed by atoms with Gasteiger partial charge < -0.3 is 9.80 Å². The van der Waals surface area contributed by atoms with Crippen LogP contribution in [0.5, 0.6) is 0 Å². The van der Waals surface area contributed by atoms with Crippen molar-refractivity contribution in [2.24, 2.45) is 7.05 Å². The van der Waals surface area contributed by atoms with Gasteiger partial charge in [0, 0.05) is 48.9 Å². The molecule has 0 spiro atoms. The average Bonchev–Trinajstić information content (AvgIpc) is 3.42. The van der Waals surface area contributed by atoms with Crippen molar-refractivity contribution in [1.82, 2.24) is 24.5 Å². The molecule has 9 heteroatoms. The van der Waals surface area contributed by atoms with E-state index in [1.165, 1.54) is 12.4 Å². The Morgan fingerprint density at radius 1 is 1.00 bits per heavy atom. The second-order valence-corrected chi connectivity index (χ2v) is 8.75. The molecule has 2 aliphatic rings. The molecule has 0 aliphatic carbocycles. The molecule has 8 nitrogen and oxygen atoms in total. The molecule has 2 aliphatic heterocycles. The Morgan fingerprint density at radius 2 is 1.84 bits per heavy atom. The first-order valence-corrected chi connectivity index (χ1v) is 10.9. The van der Waals surface area contributed by atoms with Crippen LogP contribution in [-0.4, -0.2) is 49.7 Å². The van der Waals surface area contributed by atoms with Gasteiger partial charge in [-0.25, -0.2) is 15.0 Å². The van der Waals surface area contributed by atoms with E-state index in [1.54, 1.807) is 23.9 Å². The van der Waals surface area contributed by atoms with Crippen LogP contribution in [0.1, 0.15) is 6.42 Å². The third-order valence-corrected chi connectivity index (χ3v) is 6.65. The molecule has 0 amide bonds. The highest BCUT2D eigenvalue weighted by molar-refractivity contribution is 6.31. The smallest absolute Gasteiger partial charge is 0.255 e. The van der Waals surface area contributed by atoms with Crippen LogP contribution in [0.2, 0.25) is 5.02 Å². The lowest BCUT2D eigenvalue weighted by atomic mass is 10.2. The topological polar surface area (TPSA) is 80.0 Å². The minimum absolute atomic E-state index is 0.0983. The van der Waals surface area contributed by atoms with Crippen LogP contribution in [0.25, 0.3) is 22.3 Å². The van der Waals surface area contributed by atoms with Gasteiger partial charge in [-0.1, -0.05) is 11.6 Å². The van der Waals surface area contributed by atoms with Gasteiger partial charge >= 0.3 is 0 Å². The number of hydrogen-bond donors (Lipinski definition) is 0. The van der Waals surface area contributed by atoms with Crippen molar-refractivity contribution in [2.45, 2.75) is 18.5 Å². The van der Waals surface area contributed by atoms with Crippen LogP contribution in [0.4, 0.5) is 11.6 Å². The summed E-state index contributed by atoms with van der Waals surface area (Å²) < 4.78 is 1.62. The SMILES string of the molecule is Cn1c(N2CC3C[C@@H]2CN3c2cnc3ccc(Cl)cc3c2)nc(-c2ccncn2)cc1=O. The van der Waals surface area contributed by atoms with E-state index in [-0.39, 0.29) is 11.6 Å². The zero-order valence-corrected chi connectivity index (χ0v) is 18.1. The molecule has 3 aromatic heterocycles. The second kappa shape index (κ2) is 7.27. The lowest BCUT2D eigenvalue weighted by Gasteiger charge is -2.36. The molecule has 32 heavy (non-hydrogen) atoms. The van der Waals surface area contributed by atoms with Crippen LogP contribution in [-0.2, 0) is 7.05 Å². The molecule has 6 rings (SSSR count). The molecule has 5 heterocycles. The van der Waals surface area contributed by atoms with E-state index in [9.17, 15) is 4.79 Å². The zero-order valence-electron chi connectivity index (χ0n) is 17.4. The molecule has 0 radical (unpaired) electrons. The first-order chi connectivity index (χ1) is 15.6. The number of aromatic nitrogens is 5. The Kier molecular flexibility index (Phi) is 4.36. The summed E-state index contributed by atoms with van der Waals surface area (Å²) in [6, 6.07) is 11.8. The van der Waals surface area contributed by atoms with Gasteiger partial charge in [0.25, 0.3) is 5.56 Å². The minimum Gasteiger partial charge on any atom is -0.363 e. The maximum Gasteiger partial charge on any atom is 0.255 e. The number of nitrogens with zero attached hydrogens (tertiary/aromatic N) is 7. The number of halogens is 1. The lowest BCUT2D eigenvalue weighted by molar-refractivity contribution is 0.614. The van der Waals surface area contributed by atoms with Gasteiger partial charge in [0.1, 0.15) is 6.33 Å². The largest absolute Gasteiger partial charge is 0.363 e. The van der Waals surface area contributed by atoms with E-state index < -0.39 is 0 Å². The summed E-state index contributed by atoms with van der Waals surface area (Å²) in [5.41, 5.74) is 3.15. The monoisotopic (exact) mass is 445 g/mol. The van der Waals surface area contributed by atoms with Crippen LogP contribution in [0.3, 0.4) is 0 Å². The van der Waals surface area contributed by atoms with E-state index in [0.29, 0.717) is 28.4 Å². The number of benzene rings is 1. The Morgan fingerprint density at radius 3 is 2.62 bits per heavy atom. The predicted molar refractivity (Wildman–Crippen MR) is 124 cm³/mol. The molecule has 2 atom stereocenters. The lowest BCUT2D eigenvalue weighted by Crippen LogP contribution is -2.48. The predicted octanol–water partition coefficient (Wildman–Crippen LogP) is 2.91. The fraction of sp³-hybridized carbons (Fsp3) is 0.261. The molecule has 2 saturated heterocycles. The molecule has 4 aromatic rings. The van der Waals surface area contributed by atoms with Gasteiger partial charge in [0.05, 0.1) is 34.8 Å². The summed E-state index contributed by atoms with van der Waals surface area (Å²) in [5, 5.41) is 1.75. The normalized spacial score (nSPS) is 19.8. The summed E-state index contributed by atoms with van der Waals surface area (Å²) in [4.78, 5) is 34.9. The van der Waals surface area contributed by atoms with Crippen LogP contribution in [0.15, 0.2) is 59.9 Å². The number of fused-ring (bicyclic) bond motifs is 3. The van der Waals surface area contributed by atoms with Gasteiger partial charge in [-0.2, -0.15) is 0 Å². The van der Waals surface area contributed by atoms with Gasteiger partial charge in [0.15, 0.2) is 0 Å². The quantitative estimate of drug-likeness (QED) is 0.479. The number of rotatable bonds is 3. The van der Waals surface area contributed by atoms with Crippen LogP contribution >= 0.6 is 11.6 Å². The zero-order chi connectivity index (χ0) is 21.8. The summed E-state index contributed by atoms with van der Waals surface area (Å²) in [5.74, 6) is 0.682. The highest BCUT2D eigenvalue weighted by Gasteiger charge is 2.44. The highest BCUT2D eigenvalue weighted by atomic mass is 35.5. The Balaban J connectivity index is 1.30. The van der Waals surface area contributed by atoms with Crippen molar-refractivity contribution in [2.75, 3.05) is 22.9 Å². The third-order valence-electron chi connectivity index (χ3n) is 6.41. The van der Waals surface area contributed by atoms with Gasteiger partial charge in [0.2, 0.25) is 5.95 Å². The molecule has 0 saturated carbocycles. The van der Waals surface area contributed by atoms with E-state index >= 15 is 0 Å². The maximum absolute atomic E-state index is 12.7. The van der Waals surface area contributed by atoms with Gasteiger partial charge in [-0.3, -0.25) is 14.3 Å². The standard InChI is InChI=1S/C23H20ClN7O/c1-29-22(32)9-21(20-4-5-25-13-27-20)28-23(29)31-12-17-8-18(31)11-30(17)16-7-14-6-15(24)2-3-19(14)26-10-16/h2-7,9-10,13,17-18H,8,11-12H2,1H3/t17?,18-/m1/s1. The first kappa shape index (κ1) is 19.2. The second-order valence-electron chi connectivity index (χ2n) is 8.31. The summed E-state index contributed by atoms with van der Waals surface area (Å²) in [6.07, 6.45) is 6.07. The number of anilines is 2. The Labute approximate surface area is 189 Å². The molecule has 160 valence electrons. The highest BCUT2D eigenvalue weighted by Crippen LogP contribution is 2.37. The number of hydrogen-bond acceptors (Lipinski definition) is 7. The Hall–Kier alpha value is -3.52. The maximum atomic E-state index is 12.7. The van der Waals surface area contributed by atoms with Crippen LogP contribution in [0, 0.1) is 0 Å². The van der Waals surface area contributed by atoms with Crippen molar-refractivity contribution in [3.05, 3.63) is 70.5 Å². The minimum atomic E-state index is -0.0983. The number of pyridine rings is 1. The van der Waals surface area contributed by atoms with E-state index in [2.05, 4.69) is 30.8 Å². The van der Waals surface area contributed by atoms with Gasteiger partial charge in [-0.15, -0.1) is 0 Å². The summed E-state index contributed by atoms with van der Waals surface area (Å²) in [7, 11) is 1.77.